The highest BCUT2D eigenvalue weighted by Crippen LogP contribution is 2.00. The van der Waals surface area contributed by atoms with Crippen molar-refractivity contribution in [3.63, 3.8) is 0 Å². The molecule has 0 bridgehead atoms. The van der Waals surface area contributed by atoms with E-state index in [1.54, 1.807) is 18.4 Å². The summed E-state index contributed by atoms with van der Waals surface area (Å²) in [4.78, 5) is 11.8. The lowest BCUT2D eigenvalue weighted by atomic mass is 10.2. The molecule has 0 spiro atoms. The zero-order valence-corrected chi connectivity index (χ0v) is 3.64. The zero-order chi connectivity index (χ0) is 4.57. The Hall–Kier alpha value is -0.530. The summed E-state index contributed by atoms with van der Waals surface area (Å²) in [5.74, 6) is 0.148. The number of hydrogen-bond acceptors (Lipinski definition) is 1. The van der Waals surface area contributed by atoms with E-state index in [-0.39, 0.29) is 5.91 Å². The molecule has 1 radical (unpaired) electrons. The third kappa shape index (κ3) is 0.295. The van der Waals surface area contributed by atoms with E-state index in [0.29, 0.717) is 0 Å². The molecular weight excluding hydrogens is 78.0 g/mol. The Kier molecular flexibility index (Phi) is 0.587. The molecule has 6 heavy (non-hydrogen) atoms. The first kappa shape index (κ1) is 3.65. The lowest BCUT2D eigenvalue weighted by Crippen LogP contribution is -2.40. The van der Waals surface area contributed by atoms with Crippen molar-refractivity contribution in [2.24, 2.45) is 0 Å². The van der Waals surface area contributed by atoms with Crippen molar-refractivity contribution in [1.82, 2.24) is 4.90 Å². The second kappa shape index (κ2) is 0.965. The minimum Gasteiger partial charge on any atom is -0.345 e. The number of hydrogen-bond donors (Lipinski definition) is 0. The van der Waals surface area contributed by atoms with Crippen LogP contribution < -0.4 is 0 Å². The van der Waals surface area contributed by atoms with Crippen molar-refractivity contribution in [1.29, 1.82) is 0 Å². The van der Waals surface area contributed by atoms with Crippen molar-refractivity contribution in [3.05, 3.63) is 6.42 Å². The normalized spacial score (nSPS) is 20.8. The number of rotatable bonds is 0. The first-order chi connectivity index (χ1) is 2.80. The Morgan fingerprint density at radius 1 is 2.00 bits per heavy atom. The molecule has 0 saturated carbocycles. The zero-order valence-electron chi connectivity index (χ0n) is 3.64. The summed E-state index contributed by atoms with van der Waals surface area (Å²) in [5, 5.41) is 0. The van der Waals surface area contributed by atoms with Gasteiger partial charge in [-0.05, 0) is 0 Å². The Morgan fingerprint density at radius 2 is 2.50 bits per heavy atom. The smallest absolute Gasteiger partial charge is 0.228 e. The molecule has 0 N–H and O–H groups in total. The van der Waals surface area contributed by atoms with Crippen LogP contribution in [0.2, 0.25) is 0 Å². The van der Waals surface area contributed by atoms with Gasteiger partial charge < -0.3 is 4.90 Å². The minimum absolute atomic E-state index is 0.148. The van der Waals surface area contributed by atoms with E-state index in [1.165, 1.54) is 0 Å². The van der Waals surface area contributed by atoms with E-state index in [2.05, 4.69) is 0 Å². The molecule has 1 aliphatic heterocycles. The third-order valence-corrected chi connectivity index (χ3v) is 0.916. The highest BCUT2D eigenvalue weighted by molar-refractivity contribution is 5.90. The summed E-state index contributed by atoms with van der Waals surface area (Å²) < 4.78 is 0. The lowest BCUT2D eigenvalue weighted by Gasteiger charge is -2.24. The molecule has 1 rings (SSSR count). The van der Waals surface area contributed by atoms with Crippen LogP contribution in [0.15, 0.2) is 0 Å². The van der Waals surface area contributed by atoms with Crippen LogP contribution in [-0.2, 0) is 4.79 Å². The molecule has 2 nitrogen and oxygen atoms in total. The molecule has 1 heterocycles. The van der Waals surface area contributed by atoms with Gasteiger partial charge in [-0.25, -0.2) is 0 Å². The first-order valence-corrected chi connectivity index (χ1v) is 1.89. The van der Waals surface area contributed by atoms with Crippen LogP contribution in [0.1, 0.15) is 0 Å². The number of carbonyl (C=O) groups excluding carboxylic acids is 1. The van der Waals surface area contributed by atoms with Gasteiger partial charge in [0.05, 0.1) is 6.42 Å². The molecule has 1 amide bonds. The molecule has 0 atom stereocenters. The summed E-state index contributed by atoms with van der Waals surface area (Å²) in [5.41, 5.74) is 0. The van der Waals surface area contributed by atoms with E-state index in [9.17, 15) is 4.79 Å². The van der Waals surface area contributed by atoms with Gasteiger partial charge in [-0.3, -0.25) is 4.79 Å². The molecule has 0 unspecified atom stereocenters. The van der Waals surface area contributed by atoms with Gasteiger partial charge in [-0.15, -0.1) is 0 Å². The topological polar surface area (TPSA) is 20.3 Å². The molecule has 0 aromatic carbocycles. The number of amides is 1. The molecule has 0 aliphatic carbocycles. The van der Waals surface area contributed by atoms with Crippen LogP contribution >= 0.6 is 0 Å². The maximum Gasteiger partial charge on any atom is 0.228 e. The predicted molar refractivity (Wildman–Crippen MR) is 21.9 cm³/mol. The van der Waals surface area contributed by atoms with Gasteiger partial charge in [0.15, 0.2) is 0 Å². The van der Waals surface area contributed by atoms with Crippen molar-refractivity contribution in [2.75, 3.05) is 13.6 Å². The van der Waals surface area contributed by atoms with E-state index < -0.39 is 0 Å². The quantitative estimate of drug-likeness (QED) is 0.368. The Labute approximate surface area is 36.7 Å². The minimum atomic E-state index is 0.148. The molecule has 1 fully saturated rings. The van der Waals surface area contributed by atoms with Gasteiger partial charge in [0.1, 0.15) is 0 Å². The van der Waals surface area contributed by atoms with Crippen molar-refractivity contribution >= 4 is 5.91 Å². The number of likely N-dealkylation sites (tertiary alicyclic amines) is 1. The van der Waals surface area contributed by atoms with Gasteiger partial charge in [-0.1, -0.05) is 0 Å². The molecule has 2 heteroatoms. The summed E-state index contributed by atoms with van der Waals surface area (Å²) in [7, 11) is 1.78. The van der Waals surface area contributed by atoms with E-state index in [4.69, 9.17) is 0 Å². The summed E-state index contributed by atoms with van der Waals surface area (Å²) in [6.07, 6.45) is 1.65. The fraction of sp³-hybridized carbons (Fsp3) is 0.500. The second-order valence-corrected chi connectivity index (χ2v) is 1.42. The van der Waals surface area contributed by atoms with Gasteiger partial charge >= 0.3 is 0 Å². The Bertz CT molecular complexity index is 79.6. The second-order valence-electron chi connectivity index (χ2n) is 1.42. The standard InChI is InChI=1S/C4H6NO/c1-5-3-2-4(5)6/h2H,3H2,1H3. The van der Waals surface area contributed by atoms with Crippen LogP contribution in [-0.4, -0.2) is 24.4 Å². The third-order valence-electron chi connectivity index (χ3n) is 0.916. The van der Waals surface area contributed by atoms with Gasteiger partial charge in [0, 0.05) is 13.6 Å². The average Bonchev–Trinajstić information content (AvgIpc) is 1.61. The van der Waals surface area contributed by atoms with E-state index >= 15 is 0 Å². The highest BCUT2D eigenvalue weighted by Gasteiger charge is 2.18. The van der Waals surface area contributed by atoms with Crippen LogP contribution in [0.5, 0.6) is 0 Å². The van der Waals surface area contributed by atoms with Crippen molar-refractivity contribution < 1.29 is 4.79 Å². The number of β-lactam (4-membered cyclic amide) rings is 1. The summed E-state index contributed by atoms with van der Waals surface area (Å²) in [6, 6.07) is 0. The monoisotopic (exact) mass is 84.0 g/mol. The summed E-state index contributed by atoms with van der Waals surface area (Å²) in [6.45, 7) is 0.832. The average molecular weight is 84.1 g/mol. The first-order valence-electron chi connectivity index (χ1n) is 1.89. The molecule has 0 aromatic heterocycles. The van der Waals surface area contributed by atoms with Gasteiger partial charge in [0.2, 0.25) is 5.91 Å². The fourth-order valence-electron chi connectivity index (χ4n) is 0.348. The largest absolute Gasteiger partial charge is 0.345 e. The van der Waals surface area contributed by atoms with Crippen LogP contribution in [0.4, 0.5) is 0 Å². The fourth-order valence-corrected chi connectivity index (χ4v) is 0.348. The number of carbonyl (C=O) groups is 1. The Balaban J connectivity index is 2.39. The van der Waals surface area contributed by atoms with Crippen molar-refractivity contribution in [2.45, 2.75) is 0 Å². The maximum absolute atomic E-state index is 10.1. The van der Waals surface area contributed by atoms with E-state index in [1.807, 2.05) is 0 Å². The SMILES string of the molecule is CN1C[CH]C1=O. The van der Waals surface area contributed by atoms with Gasteiger partial charge in [-0.2, -0.15) is 0 Å². The van der Waals surface area contributed by atoms with E-state index in [0.717, 1.165) is 6.54 Å². The molecule has 1 aliphatic rings. The molecule has 1 saturated heterocycles. The summed E-state index contributed by atoms with van der Waals surface area (Å²) >= 11 is 0. The van der Waals surface area contributed by atoms with Crippen LogP contribution in [0.25, 0.3) is 0 Å². The lowest BCUT2D eigenvalue weighted by molar-refractivity contribution is -0.131. The van der Waals surface area contributed by atoms with Crippen molar-refractivity contribution in [3.8, 4) is 0 Å². The predicted octanol–water partition coefficient (Wildman–Crippen LogP) is -0.337. The van der Waals surface area contributed by atoms with Crippen LogP contribution in [0, 0.1) is 6.42 Å². The maximum atomic E-state index is 10.1. The molecule has 33 valence electrons. The van der Waals surface area contributed by atoms with Gasteiger partial charge in [0.25, 0.3) is 0 Å². The molecule has 0 aromatic rings. The Morgan fingerprint density at radius 3 is 2.50 bits per heavy atom. The number of nitrogens with zero attached hydrogens (tertiary/aromatic N) is 1. The molecular formula is C4H6NO. The van der Waals surface area contributed by atoms with Crippen LogP contribution in [0.3, 0.4) is 0 Å². The highest BCUT2D eigenvalue weighted by atomic mass is 16.2.